The Bertz CT molecular complexity index is 1370. The number of nitrogens with zero attached hydrogens (tertiary/aromatic N) is 1. The Labute approximate surface area is 222 Å². The number of ether oxygens (including phenoxy) is 1. The molecule has 0 bridgehead atoms. The molecule has 37 heavy (non-hydrogen) atoms. The van der Waals surface area contributed by atoms with Gasteiger partial charge >= 0.3 is 5.63 Å². The summed E-state index contributed by atoms with van der Waals surface area (Å²) in [6.07, 6.45) is 4.08. The maximum absolute atomic E-state index is 14.0. The fraction of sp³-hybridized carbons (Fsp3) is 0.467. The van der Waals surface area contributed by atoms with E-state index in [-0.39, 0.29) is 17.9 Å². The summed E-state index contributed by atoms with van der Waals surface area (Å²) < 4.78 is 11.8. The summed E-state index contributed by atoms with van der Waals surface area (Å²) in [7, 11) is 0. The number of fused-ring (bicyclic) bond motifs is 2. The van der Waals surface area contributed by atoms with Crippen LogP contribution in [0.5, 0.6) is 5.75 Å². The first-order valence-electron chi connectivity index (χ1n) is 13.2. The lowest BCUT2D eigenvalue weighted by molar-refractivity contribution is -0.161. The van der Waals surface area contributed by atoms with Gasteiger partial charge in [0.05, 0.1) is 17.0 Å². The normalized spacial score (nSPS) is 24.5. The molecule has 3 aromatic rings. The highest BCUT2D eigenvalue weighted by atomic mass is 35.5. The van der Waals surface area contributed by atoms with Crippen LogP contribution < -0.4 is 10.4 Å². The van der Waals surface area contributed by atoms with Gasteiger partial charge in [0.15, 0.2) is 6.10 Å². The van der Waals surface area contributed by atoms with E-state index in [9.17, 15) is 14.7 Å². The lowest BCUT2D eigenvalue weighted by Crippen LogP contribution is -2.58. The molecule has 2 heterocycles. The number of carbonyl (C=O) groups excluding carboxylic acids is 1. The molecule has 1 unspecified atom stereocenters. The molecule has 0 radical (unpaired) electrons. The van der Waals surface area contributed by atoms with E-state index in [2.05, 4.69) is 0 Å². The number of likely N-dealkylation sites (tertiary alicyclic amines) is 1. The first-order valence-corrected chi connectivity index (χ1v) is 13.6. The fourth-order valence-corrected chi connectivity index (χ4v) is 6.44. The number of hydrogen-bond donors (Lipinski definition) is 1. The second-order valence-electron chi connectivity index (χ2n) is 10.6. The van der Waals surface area contributed by atoms with E-state index in [4.69, 9.17) is 20.8 Å². The largest absolute Gasteiger partial charge is 0.480 e. The fourth-order valence-electron chi connectivity index (χ4n) is 6.32. The molecule has 1 saturated carbocycles. The van der Waals surface area contributed by atoms with Crippen molar-refractivity contribution in [3.63, 3.8) is 0 Å². The van der Waals surface area contributed by atoms with E-state index in [1.807, 2.05) is 55.1 Å². The van der Waals surface area contributed by atoms with Crippen molar-refractivity contribution in [3.8, 4) is 5.75 Å². The molecule has 2 aliphatic rings. The number of aliphatic hydroxyl groups is 1. The third-order valence-corrected chi connectivity index (χ3v) is 8.38. The molecule has 1 N–H and O–H groups in total. The van der Waals surface area contributed by atoms with Gasteiger partial charge in [-0.3, -0.25) is 4.79 Å². The number of benzene rings is 2. The lowest BCUT2D eigenvalue weighted by atomic mass is 9.66. The number of halogens is 1. The molecule has 5 rings (SSSR count). The van der Waals surface area contributed by atoms with Crippen LogP contribution >= 0.6 is 11.6 Å². The van der Waals surface area contributed by atoms with Crippen LogP contribution in [0.25, 0.3) is 11.0 Å². The first-order chi connectivity index (χ1) is 17.7. The molecule has 196 valence electrons. The second kappa shape index (κ2) is 10.1. The molecule has 7 heteroatoms. The number of hydrogen-bond acceptors (Lipinski definition) is 5. The second-order valence-corrected chi connectivity index (χ2v) is 11.0. The van der Waals surface area contributed by atoms with Crippen LogP contribution in [-0.4, -0.2) is 34.2 Å². The van der Waals surface area contributed by atoms with Crippen molar-refractivity contribution >= 4 is 28.5 Å². The van der Waals surface area contributed by atoms with E-state index in [1.54, 1.807) is 6.92 Å². The van der Waals surface area contributed by atoms with Crippen LogP contribution in [0.15, 0.2) is 51.7 Å². The van der Waals surface area contributed by atoms with Crippen LogP contribution in [0.3, 0.4) is 0 Å². The van der Waals surface area contributed by atoms with E-state index in [0.29, 0.717) is 35.7 Å². The Morgan fingerprint density at radius 2 is 1.97 bits per heavy atom. The highest BCUT2D eigenvalue weighted by Gasteiger charge is 2.50. The number of piperidine rings is 1. The van der Waals surface area contributed by atoms with Crippen molar-refractivity contribution in [3.05, 3.63) is 74.6 Å². The molecule has 1 aliphatic heterocycles. The summed E-state index contributed by atoms with van der Waals surface area (Å²) in [5.41, 5.74) is 1.97. The van der Waals surface area contributed by atoms with E-state index in [1.165, 1.54) is 6.07 Å². The van der Waals surface area contributed by atoms with Gasteiger partial charge in [0.2, 0.25) is 0 Å². The van der Waals surface area contributed by atoms with Crippen molar-refractivity contribution < 1.29 is 19.1 Å². The number of aryl methyl sites for hydroxylation is 2. The Hall–Kier alpha value is -2.83. The zero-order valence-electron chi connectivity index (χ0n) is 21.6. The topological polar surface area (TPSA) is 80.0 Å². The predicted octanol–water partition coefficient (Wildman–Crippen LogP) is 5.98. The van der Waals surface area contributed by atoms with E-state index in [0.717, 1.165) is 47.8 Å². The van der Waals surface area contributed by atoms with Gasteiger partial charge in [-0.2, -0.15) is 0 Å². The maximum Gasteiger partial charge on any atom is 0.336 e. The molecule has 1 aromatic heterocycles. The number of carbonyl (C=O) groups is 1. The highest BCUT2D eigenvalue weighted by molar-refractivity contribution is 6.30. The van der Waals surface area contributed by atoms with Crippen LogP contribution in [0.4, 0.5) is 0 Å². The van der Waals surface area contributed by atoms with Gasteiger partial charge < -0.3 is 19.2 Å². The van der Waals surface area contributed by atoms with Crippen molar-refractivity contribution in [2.45, 2.75) is 77.0 Å². The molecule has 4 atom stereocenters. The zero-order valence-corrected chi connectivity index (χ0v) is 22.4. The van der Waals surface area contributed by atoms with Gasteiger partial charge in [-0.15, -0.1) is 0 Å². The van der Waals surface area contributed by atoms with Gasteiger partial charge in [-0.05, 0) is 80.5 Å². The van der Waals surface area contributed by atoms with Gasteiger partial charge in [0, 0.05) is 23.6 Å². The first kappa shape index (κ1) is 25.8. The van der Waals surface area contributed by atoms with Gasteiger partial charge in [-0.1, -0.05) is 43.5 Å². The molecule has 2 fully saturated rings. The van der Waals surface area contributed by atoms with E-state index < -0.39 is 17.3 Å². The highest BCUT2D eigenvalue weighted by Crippen LogP contribution is 2.49. The molecule has 0 spiro atoms. The zero-order chi connectivity index (χ0) is 26.3. The Kier molecular flexibility index (Phi) is 7.08. The molecule has 6 nitrogen and oxygen atoms in total. The lowest BCUT2D eigenvalue weighted by Gasteiger charge is -2.53. The third kappa shape index (κ3) is 4.89. The van der Waals surface area contributed by atoms with Crippen molar-refractivity contribution in [1.29, 1.82) is 0 Å². The van der Waals surface area contributed by atoms with Crippen LogP contribution in [0.1, 0.15) is 68.7 Å². The van der Waals surface area contributed by atoms with Crippen molar-refractivity contribution in [1.82, 2.24) is 4.90 Å². The summed E-state index contributed by atoms with van der Waals surface area (Å²) in [5.74, 6) is 0.358. The molecular weight excluding hydrogens is 490 g/mol. The van der Waals surface area contributed by atoms with Crippen LogP contribution in [-0.2, 0) is 11.2 Å². The average Bonchev–Trinajstić information content (AvgIpc) is 2.87. The van der Waals surface area contributed by atoms with Crippen LogP contribution in [0.2, 0.25) is 5.02 Å². The molecule has 1 saturated heterocycles. The van der Waals surface area contributed by atoms with Crippen molar-refractivity contribution in [2.75, 3.05) is 6.54 Å². The number of rotatable bonds is 5. The maximum atomic E-state index is 14.0. The Balaban J connectivity index is 1.49. The standard InChI is InChI=1S/C30H34ClNO5/c1-4-20-17-26(33)37-25-16-18(2)15-24(27(20)25)36-19(3)29(34)32-14-13-30(35)12-6-5-7-23(30)28(32)21-8-10-22(31)11-9-21/h8-11,15-17,19,23,28,35H,4-7,12-14H2,1-3H3/t19?,23-,28-,30-/m0/s1. The molecular formula is C30H34ClNO5. The van der Waals surface area contributed by atoms with Gasteiger partial charge in [0.25, 0.3) is 5.91 Å². The minimum absolute atomic E-state index is 0.0481. The van der Waals surface area contributed by atoms with Crippen molar-refractivity contribution in [2.24, 2.45) is 5.92 Å². The third-order valence-electron chi connectivity index (χ3n) is 8.13. The predicted molar refractivity (Wildman–Crippen MR) is 144 cm³/mol. The minimum atomic E-state index is -0.774. The SMILES string of the molecule is CCc1cc(=O)oc2cc(C)cc(OC(C)C(=O)N3CC[C@@]4(O)CCCC[C@H]4[C@@H]3c3ccc(Cl)cc3)c12. The Morgan fingerprint density at radius 1 is 1.22 bits per heavy atom. The molecule has 2 aromatic carbocycles. The summed E-state index contributed by atoms with van der Waals surface area (Å²) in [6.45, 7) is 6.10. The van der Waals surface area contributed by atoms with Crippen LogP contribution in [0, 0.1) is 12.8 Å². The minimum Gasteiger partial charge on any atom is -0.480 e. The molecule has 1 aliphatic carbocycles. The monoisotopic (exact) mass is 523 g/mol. The Morgan fingerprint density at radius 3 is 2.70 bits per heavy atom. The van der Waals surface area contributed by atoms with Gasteiger partial charge in [-0.25, -0.2) is 4.79 Å². The van der Waals surface area contributed by atoms with E-state index >= 15 is 0 Å². The summed E-state index contributed by atoms with van der Waals surface area (Å²) in [5, 5.41) is 12.9. The average molecular weight is 524 g/mol. The quantitative estimate of drug-likeness (QED) is 0.416. The van der Waals surface area contributed by atoms with Gasteiger partial charge in [0.1, 0.15) is 11.3 Å². The summed E-state index contributed by atoms with van der Waals surface area (Å²) >= 11 is 6.17. The molecule has 1 amide bonds. The number of amides is 1. The smallest absolute Gasteiger partial charge is 0.336 e. The summed E-state index contributed by atoms with van der Waals surface area (Å²) in [4.78, 5) is 27.9. The summed E-state index contributed by atoms with van der Waals surface area (Å²) in [6, 6.07) is 12.5.